The predicted octanol–water partition coefficient (Wildman–Crippen LogP) is 5.39. The Morgan fingerprint density at radius 3 is 2.56 bits per heavy atom. The van der Waals surface area contributed by atoms with Gasteiger partial charge in [-0.05, 0) is 65.8 Å². The molecule has 0 bridgehead atoms. The fourth-order valence-electron chi connectivity index (χ4n) is 4.99. The third kappa shape index (κ3) is 3.73. The first-order valence-electron chi connectivity index (χ1n) is 11.5. The zero-order chi connectivity index (χ0) is 23.2. The number of carboxylic acid groups (broad SMARTS) is 1. The van der Waals surface area contributed by atoms with E-state index in [1.165, 1.54) is 22.3 Å². The summed E-state index contributed by atoms with van der Waals surface area (Å²) in [6.45, 7) is 1.79. The number of nitrogens with zero attached hydrogens (tertiary/aromatic N) is 3. The van der Waals surface area contributed by atoms with Gasteiger partial charge in [0.05, 0.1) is 23.8 Å². The van der Waals surface area contributed by atoms with Crippen LogP contribution in [-0.4, -0.2) is 26.3 Å². The number of carbonyl (C=O) groups is 1. The molecule has 2 N–H and O–H groups in total. The molecule has 3 atom stereocenters. The van der Waals surface area contributed by atoms with Crippen LogP contribution in [0.15, 0.2) is 65.2 Å². The number of nitrogens with one attached hydrogen (secondary N) is 1. The highest BCUT2D eigenvalue weighted by molar-refractivity contribution is 5.75. The summed E-state index contributed by atoms with van der Waals surface area (Å²) in [5, 5.41) is 20.8. The van der Waals surface area contributed by atoms with Gasteiger partial charge in [-0.1, -0.05) is 30.3 Å². The minimum atomic E-state index is -0.730. The molecule has 34 heavy (non-hydrogen) atoms. The number of fused-ring (bicyclic) bond motifs is 1. The van der Waals surface area contributed by atoms with Gasteiger partial charge in [0.15, 0.2) is 0 Å². The van der Waals surface area contributed by atoms with Gasteiger partial charge in [0.2, 0.25) is 11.8 Å². The lowest BCUT2D eigenvalue weighted by atomic mass is 9.95. The summed E-state index contributed by atoms with van der Waals surface area (Å²) in [6, 6.07) is 18.9. The Morgan fingerprint density at radius 1 is 1.06 bits per heavy atom. The van der Waals surface area contributed by atoms with Crippen LogP contribution in [0.3, 0.4) is 0 Å². The van der Waals surface area contributed by atoms with Crippen LogP contribution in [0.4, 0.5) is 5.69 Å². The van der Waals surface area contributed by atoms with Gasteiger partial charge >= 0.3 is 5.97 Å². The van der Waals surface area contributed by atoms with E-state index < -0.39 is 5.97 Å². The van der Waals surface area contributed by atoms with Crippen molar-refractivity contribution < 1.29 is 14.3 Å². The van der Waals surface area contributed by atoms with Crippen molar-refractivity contribution in [3.8, 4) is 22.6 Å². The van der Waals surface area contributed by atoms with Crippen LogP contribution in [0.2, 0.25) is 0 Å². The van der Waals surface area contributed by atoms with Crippen LogP contribution in [-0.2, 0) is 11.2 Å². The van der Waals surface area contributed by atoms with Crippen molar-refractivity contribution in [3.63, 3.8) is 0 Å². The van der Waals surface area contributed by atoms with Crippen molar-refractivity contribution >= 4 is 11.7 Å². The quantitative estimate of drug-likeness (QED) is 0.404. The molecule has 2 heterocycles. The van der Waals surface area contributed by atoms with Gasteiger partial charge < -0.3 is 14.8 Å². The molecule has 2 aliphatic rings. The summed E-state index contributed by atoms with van der Waals surface area (Å²) in [5.41, 5.74) is 7.83. The highest BCUT2D eigenvalue weighted by Gasteiger charge is 2.45. The molecule has 0 spiro atoms. The molecule has 170 valence electrons. The number of carboxylic acids is 1. The standard InChI is InChI=1S/C27H24N4O3/c1-15-30-31-26(34-15)17-7-5-16(6-8-17)19-3-2-4-21-20(19)10-12-25(21)29-18-9-11-24(28-14-18)22-13-23(22)27(32)33/h2-9,11,14,22-23,25,29H,10,12-13H2,1H3,(H,32,33)/t22-,23-,25+/m0/s1. The Bertz CT molecular complexity index is 1360. The van der Waals surface area contributed by atoms with Crippen LogP contribution in [0.5, 0.6) is 0 Å². The average molecular weight is 453 g/mol. The molecule has 2 aromatic heterocycles. The number of hydrogen-bond acceptors (Lipinski definition) is 6. The lowest BCUT2D eigenvalue weighted by Gasteiger charge is -2.16. The summed E-state index contributed by atoms with van der Waals surface area (Å²) in [4.78, 5) is 15.7. The maximum absolute atomic E-state index is 11.1. The molecule has 2 aromatic carbocycles. The van der Waals surface area contributed by atoms with E-state index in [9.17, 15) is 4.79 Å². The van der Waals surface area contributed by atoms with Crippen LogP contribution >= 0.6 is 0 Å². The van der Waals surface area contributed by atoms with Gasteiger partial charge in [0.1, 0.15) is 0 Å². The van der Waals surface area contributed by atoms with Crippen LogP contribution in [0.25, 0.3) is 22.6 Å². The first-order valence-corrected chi connectivity index (χ1v) is 11.5. The van der Waals surface area contributed by atoms with E-state index in [4.69, 9.17) is 9.52 Å². The number of aryl methyl sites for hydroxylation is 1. The predicted molar refractivity (Wildman–Crippen MR) is 127 cm³/mol. The Balaban J connectivity index is 1.20. The zero-order valence-corrected chi connectivity index (χ0v) is 18.7. The molecule has 1 fully saturated rings. The van der Waals surface area contributed by atoms with E-state index in [1.54, 1.807) is 6.92 Å². The number of benzene rings is 2. The number of aromatic nitrogens is 3. The highest BCUT2D eigenvalue weighted by atomic mass is 16.4. The molecule has 1 saturated carbocycles. The summed E-state index contributed by atoms with van der Waals surface area (Å²) in [7, 11) is 0. The maximum atomic E-state index is 11.1. The van der Waals surface area contributed by atoms with E-state index in [1.807, 2.05) is 30.5 Å². The van der Waals surface area contributed by atoms with Gasteiger partial charge in [-0.2, -0.15) is 0 Å². The van der Waals surface area contributed by atoms with Gasteiger partial charge in [0, 0.05) is 24.1 Å². The van der Waals surface area contributed by atoms with Gasteiger partial charge in [-0.25, -0.2) is 0 Å². The Kier molecular flexibility index (Phi) is 4.90. The molecular weight excluding hydrogens is 428 g/mol. The number of rotatable bonds is 6. The summed E-state index contributed by atoms with van der Waals surface area (Å²) >= 11 is 0. The molecule has 0 saturated heterocycles. The smallest absolute Gasteiger partial charge is 0.307 e. The monoisotopic (exact) mass is 452 g/mol. The molecule has 7 nitrogen and oxygen atoms in total. The minimum absolute atomic E-state index is 0.0524. The van der Waals surface area contributed by atoms with E-state index in [2.05, 4.69) is 50.8 Å². The molecule has 7 heteroatoms. The number of hydrogen-bond donors (Lipinski definition) is 2. The first kappa shape index (κ1) is 20.6. The number of aliphatic carboxylic acids is 1. The van der Waals surface area contributed by atoms with Crippen molar-refractivity contribution in [2.75, 3.05) is 5.32 Å². The third-order valence-electron chi connectivity index (χ3n) is 6.85. The van der Waals surface area contributed by atoms with Crippen molar-refractivity contribution in [3.05, 3.63) is 83.5 Å². The van der Waals surface area contributed by atoms with Crippen LogP contribution < -0.4 is 5.32 Å². The maximum Gasteiger partial charge on any atom is 0.307 e. The number of pyridine rings is 1. The molecule has 0 amide bonds. The molecular formula is C27H24N4O3. The molecule has 4 aromatic rings. The van der Waals surface area contributed by atoms with Crippen molar-refractivity contribution in [1.82, 2.24) is 15.2 Å². The molecule has 0 radical (unpaired) electrons. The Labute approximate surface area is 196 Å². The molecule has 0 aliphatic heterocycles. The second kappa shape index (κ2) is 8.09. The van der Waals surface area contributed by atoms with Crippen molar-refractivity contribution in [2.45, 2.75) is 38.1 Å². The second-order valence-corrected chi connectivity index (χ2v) is 9.07. The van der Waals surface area contributed by atoms with Gasteiger partial charge in [0.25, 0.3) is 0 Å². The summed E-state index contributed by atoms with van der Waals surface area (Å²) < 4.78 is 5.54. The van der Waals surface area contributed by atoms with Crippen molar-refractivity contribution in [1.29, 1.82) is 0 Å². The van der Waals surface area contributed by atoms with E-state index in [0.717, 1.165) is 29.8 Å². The normalized spacial score (nSPS) is 20.7. The SMILES string of the molecule is Cc1nnc(-c2ccc(-c3cccc4c3CC[C@H]4Nc3ccc([C@H]4C[C@@H]4C(=O)O)nc3)cc2)o1. The topological polar surface area (TPSA) is 101 Å². The van der Waals surface area contributed by atoms with Gasteiger partial charge in [-0.3, -0.25) is 9.78 Å². The lowest BCUT2D eigenvalue weighted by molar-refractivity contribution is -0.138. The average Bonchev–Trinajstić information content (AvgIpc) is 3.39. The Morgan fingerprint density at radius 2 is 1.88 bits per heavy atom. The fourth-order valence-corrected chi connectivity index (χ4v) is 4.99. The summed E-state index contributed by atoms with van der Waals surface area (Å²) in [5.74, 6) is 0.131. The Hall–Kier alpha value is -4.00. The highest BCUT2D eigenvalue weighted by Crippen LogP contribution is 2.47. The minimum Gasteiger partial charge on any atom is -0.481 e. The fraction of sp³-hybridized carbons (Fsp3) is 0.259. The van der Waals surface area contributed by atoms with E-state index in [0.29, 0.717) is 18.2 Å². The van der Waals surface area contributed by atoms with Gasteiger partial charge in [-0.15, -0.1) is 10.2 Å². The largest absolute Gasteiger partial charge is 0.481 e. The zero-order valence-electron chi connectivity index (χ0n) is 18.7. The third-order valence-corrected chi connectivity index (χ3v) is 6.85. The van der Waals surface area contributed by atoms with Crippen LogP contribution in [0, 0.1) is 12.8 Å². The van der Waals surface area contributed by atoms with Crippen LogP contribution in [0.1, 0.15) is 47.5 Å². The lowest BCUT2D eigenvalue weighted by Crippen LogP contribution is -2.07. The van der Waals surface area contributed by atoms with E-state index >= 15 is 0 Å². The molecule has 0 unspecified atom stereocenters. The number of anilines is 1. The summed E-state index contributed by atoms with van der Waals surface area (Å²) in [6.07, 6.45) is 4.52. The van der Waals surface area contributed by atoms with Crippen molar-refractivity contribution in [2.24, 2.45) is 5.92 Å². The molecule has 6 rings (SSSR count). The second-order valence-electron chi connectivity index (χ2n) is 9.07. The van der Waals surface area contributed by atoms with E-state index in [-0.39, 0.29) is 17.9 Å². The first-order chi connectivity index (χ1) is 16.6. The molecule has 2 aliphatic carbocycles.